The van der Waals surface area contributed by atoms with Gasteiger partial charge in [-0.15, -0.1) is 0 Å². The number of thiocarbonyl (C=S) groups is 1. The number of carbonyl (C=O) groups is 3. The highest BCUT2D eigenvalue weighted by Crippen LogP contribution is 2.12. The van der Waals surface area contributed by atoms with E-state index in [4.69, 9.17) is 21.7 Å². The third kappa shape index (κ3) is 8.92. The van der Waals surface area contributed by atoms with Gasteiger partial charge in [0.2, 0.25) is 11.8 Å². The van der Waals surface area contributed by atoms with Crippen molar-refractivity contribution in [2.45, 2.75) is 51.5 Å². The highest BCUT2D eigenvalue weighted by atomic mass is 32.1. The minimum absolute atomic E-state index is 0.0704. The number of hydrogen-bond donors (Lipinski definition) is 2. The lowest BCUT2D eigenvalue weighted by Crippen LogP contribution is -2.60. The van der Waals surface area contributed by atoms with Crippen LogP contribution in [-0.4, -0.2) is 60.1 Å². The number of ether oxygens (including phenoxy) is 2. The summed E-state index contributed by atoms with van der Waals surface area (Å²) in [7, 11) is 0. The van der Waals surface area contributed by atoms with Gasteiger partial charge in [-0.2, -0.15) is 0 Å². The van der Waals surface area contributed by atoms with Gasteiger partial charge in [0.25, 0.3) is 0 Å². The Morgan fingerprint density at radius 3 is 2.71 bits per heavy atom. The number of esters is 1. The number of para-hydroxylation sites is 1. The van der Waals surface area contributed by atoms with Crippen LogP contribution in [-0.2, 0) is 19.1 Å². The Morgan fingerprint density at radius 2 is 1.97 bits per heavy atom. The zero-order valence-corrected chi connectivity index (χ0v) is 18.7. The summed E-state index contributed by atoms with van der Waals surface area (Å²) in [6, 6.07) is 8.39. The van der Waals surface area contributed by atoms with Crippen molar-refractivity contribution in [3.05, 3.63) is 30.3 Å². The summed E-state index contributed by atoms with van der Waals surface area (Å²) in [6.07, 6.45) is 4.19. The van der Waals surface area contributed by atoms with Crippen LogP contribution < -0.4 is 15.4 Å². The molecule has 0 bridgehead atoms. The average molecular weight is 450 g/mol. The topological polar surface area (TPSA) is 97.0 Å². The van der Waals surface area contributed by atoms with Crippen LogP contribution in [0.25, 0.3) is 0 Å². The highest BCUT2D eigenvalue weighted by molar-refractivity contribution is 7.80. The highest BCUT2D eigenvalue weighted by Gasteiger charge is 2.34. The van der Waals surface area contributed by atoms with Crippen molar-refractivity contribution < 1.29 is 23.9 Å². The largest absolute Gasteiger partial charge is 0.490 e. The molecule has 0 radical (unpaired) electrons. The van der Waals surface area contributed by atoms with Gasteiger partial charge in [-0.1, -0.05) is 44.4 Å². The molecule has 31 heavy (non-hydrogen) atoms. The Hall–Kier alpha value is -2.68. The molecule has 0 saturated carbocycles. The van der Waals surface area contributed by atoms with E-state index in [1.54, 1.807) is 4.90 Å². The molecule has 1 aromatic carbocycles. The molecular formula is C22H31N3O5S. The van der Waals surface area contributed by atoms with Gasteiger partial charge in [0.1, 0.15) is 25.0 Å². The van der Waals surface area contributed by atoms with Crippen molar-refractivity contribution in [1.82, 2.24) is 15.5 Å². The number of rotatable bonds is 11. The number of nitrogens with zero attached hydrogens (tertiary/aromatic N) is 1. The quantitative estimate of drug-likeness (QED) is 0.304. The molecule has 0 aliphatic carbocycles. The molecule has 1 aliphatic rings. The second kappa shape index (κ2) is 13.6. The van der Waals surface area contributed by atoms with Crippen LogP contribution in [0.1, 0.15) is 45.4 Å². The standard InChI is InChI=1S/C22H31N3O5S/c1-2-3-4-8-11-19(26)24-22(31)25-13-12-23-21(28)18(25)16-20(27)30-15-14-29-17-9-6-5-7-10-17/h5-7,9-10,18H,2-4,8,11-16H2,1H3,(H,23,28)(H,24,26,31). The van der Waals surface area contributed by atoms with E-state index in [-0.39, 0.29) is 36.6 Å². The zero-order chi connectivity index (χ0) is 22.5. The molecule has 0 aromatic heterocycles. The number of unbranched alkanes of at least 4 members (excludes halogenated alkanes) is 3. The number of nitrogens with one attached hydrogen (secondary N) is 2. The summed E-state index contributed by atoms with van der Waals surface area (Å²) in [5.74, 6) is -0.334. The summed E-state index contributed by atoms with van der Waals surface area (Å²) in [5.41, 5.74) is 0. The van der Waals surface area contributed by atoms with E-state index in [1.807, 2.05) is 30.3 Å². The first kappa shape index (κ1) is 24.6. The number of piperazine rings is 1. The molecule has 1 fully saturated rings. The summed E-state index contributed by atoms with van der Waals surface area (Å²) in [5, 5.41) is 5.58. The van der Waals surface area contributed by atoms with E-state index in [1.165, 1.54) is 0 Å². The summed E-state index contributed by atoms with van der Waals surface area (Å²) < 4.78 is 10.7. The average Bonchev–Trinajstić information content (AvgIpc) is 2.76. The summed E-state index contributed by atoms with van der Waals surface area (Å²) >= 11 is 5.34. The van der Waals surface area contributed by atoms with Gasteiger partial charge < -0.3 is 25.0 Å². The fourth-order valence-corrected chi connectivity index (χ4v) is 3.51. The van der Waals surface area contributed by atoms with Crippen molar-refractivity contribution in [2.75, 3.05) is 26.3 Å². The summed E-state index contributed by atoms with van der Waals surface area (Å²) in [6.45, 7) is 3.19. The molecule has 1 aromatic rings. The molecule has 8 nitrogen and oxygen atoms in total. The van der Waals surface area contributed by atoms with Gasteiger partial charge >= 0.3 is 5.97 Å². The molecule has 170 valence electrons. The molecule has 9 heteroatoms. The first-order valence-electron chi connectivity index (χ1n) is 10.7. The van der Waals surface area contributed by atoms with Crippen molar-refractivity contribution in [3.8, 4) is 5.75 Å². The van der Waals surface area contributed by atoms with E-state index in [9.17, 15) is 14.4 Å². The van der Waals surface area contributed by atoms with Crippen molar-refractivity contribution in [3.63, 3.8) is 0 Å². The molecule has 2 amide bonds. The Labute approximate surface area is 188 Å². The zero-order valence-electron chi connectivity index (χ0n) is 17.9. The SMILES string of the molecule is CCCCCCC(=O)NC(=S)N1CCNC(=O)C1CC(=O)OCCOc1ccccc1. The molecule has 0 spiro atoms. The van der Waals surface area contributed by atoms with Gasteiger partial charge in [0.15, 0.2) is 5.11 Å². The lowest BCUT2D eigenvalue weighted by atomic mass is 10.1. The van der Waals surface area contributed by atoms with Gasteiger partial charge in [-0.3, -0.25) is 14.4 Å². The van der Waals surface area contributed by atoms with E-state index >= 15 is 0 Å². The number of amides is 2. The van der Waals surface area contributed by atoms with Gasteiger partial charge in [0.05, 0.1) is 6.42 Å². The van der Waals surface area contributed by atoms with E-state index in [0.29, 0.717) is 25.3 Å². The first-order valence-corrected chi connectivity index (χ1v) is 11.1. The Bertz CT molecular complexity index is 744. The maximum atomic E-state index is 12.3. The van der Waals surface area contributed by atoms with Crippen LogP contribution in [0.3, 0.4) is 0 Å². The van der Waals surface area contributed by atoms with E-state index in [2.05, 4.69) is 17.6 Å². The van der Waals surface area contributed by atoms with Gasteiger partial charge in [-0.05, 0) is 30.8 Å². The molecule has 1 aliphatic heterocycles. The molecule has 1 saturated heterocycles. The second-order valence-corrected chi connectivity index (χ2v) is 7.64. The van der Waals surface area contributed by atoms with Crippen LogP contribution >= 0.6 is 12.2 Å². The minimum atomic E-state index is -0.816. The van der Waals surface area contributed by atoms with Crippen LogP contribution in [0.15, 0.2) is 30.3 Å². The number of hydrogen-bond acceptors (Lipinski definition) is 6. The monoisotopic (exact) mass is 449 g/mol. The first-order chi connectivity index (χ1) is 15.0. The Balaban J connectivity index is 1.78. The fraction of sp³-hybridized carbons (Fsp3) is 0.545. The molecule has 1 heterocycles. The molecule has 1 unspecified atom stereocenters. The normalized spacial score (nSPS) is 15.7. The lowest BCUT2D eigenvalue weighted by Gasteiger charge is -2.36. The number of carbonyl (C=O) groups excluding carboxylic acids is 3. The molecule has 2 rings (SSSR count). The van der Waals surface area contributed by atoms with Gasteiger partial charge in [-0.25, -0.2) is 0 Å². The molecular weight excluding hydrogens is 418 g/mol. The second-order valence-electron chi connectivity index (χ2n) is 7.25. The van der Waals surface area contributed by atoms with Crippen LogP contribution in [0.5, 0.6) is 5.75 Å². The van der Waals surface area contributed by atoms with Crippen molar-refractivity contribution in [1.29, 1.82) is 0 Å². The third-order valence-corrected chi connectivity index (χ3v) is 5.15. The van der Waals surface area contributed by atoms with Crippen LogP contribution in [0, 0.1) is 0 Å². The molecule has 1 atom stereocenters. The maximum Gasteiger partial charge on any atom is 0.308 e. The molecule has 2 N–H and O–H groups in total. The smallest absolute Gasteiger partial charge is 0.308 e. The predicted octanol–water partition coefficient (Wildman–Crippen LogP) is 2.17. The third-order valence-electron chi connectivity index (χ3n) is 4.81. The van der Waals surface area contributed by atoms with E-state index < -0.39 is 12.0 Å². The number of benzene rings is 1. The van der Waals surface area contributed by atoms with Crippen molar-refractivity contribution in [2.24, 2.45) is 0 Å². The van der Waals surface area contributed by atoms with Crippen LogP contribution in [0.2, 0.25) is 0 Å². The summed E-state index contributed by atoms with van der Waals surface area (Å²) in [4.78, 5) is 38.3. The Morgan fingerprint density at radius 1 is 1.19 bits per heavy atom. The van der Waals surface area contributed by atoms with Gasteiger partial charge in [0, 0.05) is 19.5 Å². The van der Waals surface area contributed by atoms with E-state index in [0.717, 1.165) is 25.7 Å². The van der Waals surface area contributed by atoms with Crippen LogP contribution in [0.4, 0.5) is 0 Å². The van der Waals surface area contributed by atoms with Crippen molar-refractivity contribution >= 4 is 35.1 Å². The Kier molecular flexibility index (Phi) is 10.8. The lowest BCUT2D eigenvalue weighted by molar-refractivity contribution is -0.148. The fourth-order valence-electron chi connectivity index (χ4n) is 3.18. The minimum Gasteiger partial charge on any atom is -0.490 e. The maximum absolute atomic E-state index is 12.3. The predicted molar refractivity (Wildman–Crippen MR) is 121 cm³/mol.